The second-order valence-corrected chi connectivity index (χ2v) is 8.92. The zero-order valence-corrected chi connectivity index (χ0v) is 22.2. The van der Waals surface area contributed by atoms with Crippen molar-refractivity contribution < 1.29 is 32.4 Å². The number of pyridine rings is 1. The Hall–Kier alpha value is -3.72. The standard InChI is InChI=1S/C20H14N4.C5H5NO3S.Zn/c1-2-14-10-16-5-6-18(23-16)12-20-8-7-19(24-20)11-17-4-3-15(22-17)9-13(1)21-14;7-10(8,9)5-3-1-2-4-6-5;/h1-12,21,24H;1-4H,(H,7,8,9);. The Morgan fingerprint density at radius 2 is 1.03 bits per heavy atom. The summed E-state index contributed by atoms with van der Waals surface area (Å²) >= 11 is 0. The Bertz CT molecular complexity index is 1520. The van der Waals surface area contributed by atoms with Crippen LogP contribution < -0.4 is 0 Å². The van der Waals surface area contributed by atoms with Gasteiger partial charge in [-0.1, -0.05) is 6.07 Å². The summed E-state index contributed by atoms with van der Waals surface area (Å²) in [5, 5.41) is -0.324. The first-order chi connectivity index (χ1) is 16.4. The molecule has 0 aromatic carbocycles. The van der Waals surface area contributed by atoms with Gasteiger partial charge in [0.25, 0.3) is 0 Å². The molecule has 6 heterocycles. The van der Waals surface area contributed by atoms with Gasteiger partial charge >= 0.3 is 10.1 Å². The summed E-state index contributed by atoms with van der Waals surface area (Å²) in [5.41, 5.74) is 7.86. The van der Waals surface area contributed by atoms with Gasteiger partial charge in [-0.3, -0.25) is 4.55 Å². The van der Waals surface area contributed by atoms with Gasteiger partial charge in [0.2, 0.25) is 0 Å². The number of H-pyrrole nitrogens is 2. The van der Waals surface area contributed by atoms with Crippen molar-refractivity contribution >= 4 is 56.5 Å². The predicted octanol–water partition coefficient (Wildman–Crippen LogP) is 4.98. The zero-order valence-electron chi connectivity index (χ0n) is 18.5. The molecule has 2 aliphatic rings. The molecule has 4 aromatic rings. The molecule has 0 fully saturated rings. The van der Waals surface area contributed by atoms with E-state index in [1.165, 1.54) is 18.3 Å². The fraction of sp³-hybridized carbons (Fsp3) is 0. The molecule has 0 atom stereocenters. The Labute approximate surface area is 214 Å². The third-order valence-corrected chi connectivity index (χ3v) is 5.71. The van der Waals surface area contributed by atoms with Crippen LogP contribution in [0.4, 0.5) is 0 Å². The SMILES string of the molecule is C1=Cc2cc3ccc(cc4nc(cc5ccc(cc1n2)[nH]5)C=C4)[nH]3.O=S(=O)(O)c1ccccn1.[Zn]. The number of rotatable bonds is 1. The minimum Gasteiger partial charge on any atom is -0.355 e. The monoisotopic (exact) mass is 533 g/mol. The van der Waals surface area contributed by atoms with Crippen LogP contribution >= 0.6 is 0 Å². The molecule has 0 saturated carbocycles. The zero-order chi connectivity index (χ0) is 23.5. The van der Waals surface area contributed by atoms with Gasteiger partial charge in [0, 0.05) is 47.7 Å². The first kappa shape index (κ1) is 24.4. The van der Waals surface area contributed by atoms with Gasteiger partial charge in [-0.2, -0.15) is 8.42 Å². The van der Waals surface area contributed by atoms with Crippen LogP contribution in [0.1, 0.15) is 22.8 Å². The quantitative estimate of drug-likeness (QED) is 0.202. The third kappa shape index (κ3) is 6.24. The molecule has 0 radical (unpaired) electrons. The van der Waals surface area contributed by atoms with Crippen LogP contribution in [-0.4, -0.2) is 37.9 Å². The number of aromatic nitrogens is 5. The van der Waals surface area contributed by atoms with Gasteiger partial charge in [0.1, 0.15) is 0 Å². The molecular formula is C25H19N5O3SZn. The normalized spacial score (nSPS) is 11.9. The number of nitrogens with zero attached hydrogens (tertiary/aromatic N) is 3. The van der Waals surface area contributed by atoms with Crippen LogP contribution in [0.5, 0.6) is 0 Å². The average Bonchev–Trinajstić information content (AvgIpc) is 3.60. The van der Waals surface area contributed by atoms with Crippen molar-refractivity contribution in [3.8, 4) is 0 Å². The molecular weight excluding hydrogens is 516 g/mol. The molecule has 8 bridgehead atoms. The number of fused-ring (bicyclic) bond motifs is 8. The molecule has 0 unspecified atom stereocenters. The van der Waals surface area contributed by atoms with Crippen LogP contribution in [0.3, 0.4) is 0 Å². The fourth-order valence-electron chi connectivity index (χ4n) is 3.44. The maximum Gasteiger partial charge on any atom is 0.312 e. The van der Waals surface area contributed by atoms with Crippen LogP contribution in [0.15, 0.2) is 78.0 Å². The number of nitrogens with one attached hydrogen (secondary N) is 2. The van der Waals surface area contributed by atoms with E-state index in [1.54, 1.807) is 6.07 Å². The van der Waals surface area contributed by atoms with Gasteiger partial charge in [0.15, 0.2) is 5.03 Å². The van der Waals surface area contributed by atoms with E-state index < -0.39 is 10.1 Å². The summed E-state index contributed by atoms with van der Waals surface area (Å²) in [7, 11) is -4.11. The molecule has 0 amide bonds. The Morgan fingerprint density at radius 1 is 0.629 bits per heavy atom. The van der Waals surface area contributed by atoms with Crippen LogP contribution in [0.2, 0.25) is 0 Å². The summed E-state index contributed by atoms with van der Waals surface area (Å²) in [4.78, 5) is 19.4. The van der Waals surface area contributed by atoms with E-state index in [2.05, 4.69) is 49.2 Å². The maximum absolute atomic E-state index is 10.3. The van der Waals surface area contributed by atoms with E-state index >= 15 is 0 Å². The molecule has 10 heteroatoms. The van der Waals surface area contributed by atoms with Crippen molar-refractivity contribution in [1.82, 2.24) is 24.9 Å². The predicted molar refractivity (Wildman–Crippen MR) is 133 cm³/mol. The van der Waals surface area contributed by atoms with E-state index in [0.717, 1.165) is 44.8 Å². The summed E-state index contributed by atoms with van der Waals surface area (Å²) in [6.45, 7) is 0. The average molecular weight is 535 g/mol. The largest absolute Gasteiger partial charge is 0.355 e. The van der Waals surface area contributed by atoms with Crippen molar-refractivity contribution in [2.75, 3.05) is 0 Å². The van der Waals surface area contributed by atoms with Crippen LogP contribution in [-0.2, 0) is 29.6 Å². The topological polar surface area (TPSA) is 125 Å². The molecule has 2 aliphatic heterocycles. The maximum atomic E-state index is 10.3. The molecule has 0 saturated heterocycles. The molecule has 35 heavy (non-hydrogen) atoms. The third-order valence-electron chi connectivity index (χ3n) is 4.94. The van der Waals surface area contributed by atoms with E-state index in [4.69, 9.17) is 4.55 Å². The van der Waals surface area contributed by atoms with Crippen LogP contribution in [0.25, 0.3) is 46.4 Å². The summed E-state index contributed by atoms with van der Waals surface area (Å²) in [6, 6.07) is 20.6. The van der Waals surface area contributed by atoms with E-state index in [9.17, 15) is 8.42 Å². The molecule has 4 aromatic heterocycles. The van der Waals surface area contributed by atoms with Crippen molar-refractivity contribution in [3.05, 3.63) is 95.7 Å². The molecule has 0 aliphatic carbocycles. The van der Waals surface area contributed by atoms with Gasteiger partial charge in [-0.25, -0.2) is 15.0 Å². The number of hydrogen-bond donors (Lipinski definition) is 3. The molecule has 3 N–H and O–H groups in total. The second-order valence-electron chi connectivity index (χ2n) is 7.55. The van der Waals surface area contributed by atoms with Gasteiger partial charge < -0.3 is 9.97 Å². The second kappa shape index (κ2) is 10.3. The van der Waals surface area contributed by atoms with Crippen molar-refractivity contribution in [2.24, 2.45) is 0 Å². The Kier molecular flexibility index (Phi) is 7.16. The van der Waals surface area contributed by atoms with Crippen molar-refractivity contribution in [3.63, 3.8) is 0 Å². The Balaban J connectivity index is 0.000000224. The van der Waals surface area contributed by atoms with Gasteiger partial charge in [-0.15, -0.1) is 0 Å². The molecule has 0 spiro atoms. The molecule has 6 rings (SSSR count). The van der Waals surface area contributed by atoms with Gasteiger partial charge in [-0.05, 0) is 85.0 Å². The smallest absolute Gasteiger partial charge is 0.312 e. The van der Waals surface area contributed by atoms with Crippen LogP contribution in [0, 0.1) is 0 Å². The number of aromatic amines is 2. The summed E-state index contributed by atoms with van der Waals surface area (Å²) in [6.07, 6.45) is 9.39. The molecule has 8 nitrogen and oxygen atoms in total. The van der Waals surface area contributed by atoms with E-state index in [-0.39, 0.29) is 24.5 Å². The first-order valence-electron chi connectivity index (χ1n) is 10.3. The minimum atomic E-state index is -4.11. The Morgan fingerprint density at radius 3 is 1.31 bits per heavy atom. The van der Waals surface area contributed by atoms with E-state index in [0.29, 0.717) is 0 Å². The van der Waals surface area contributed by atoms with E-state index in [1.807, 2.05) is 48.6 Å². The minimum absolute atomic E-state index is 0. The molecule has 170 valence electrons. The van der Waals surface area contributed by atoms with Crippen molar-refractivity contribution in [2.45, 2.75) is 5.03 Å². The summed E-state index contributed by atoms with van der Waals surface area (Å²) in [5.74, 6) is 0. The van der Waals surface area contributed by atoms with Crippen molar-refractivity contribution in [1.29, 1.82) is 0 Å². The van der Waals surface area contributed by atoms with Gasteiger partial charge in [0.05, 0.1) is 22.8 Å². The first-order valence-corrected chi connectivity index (χ1v) is 11.8. The summed E-state index contributed by atoms with van der Waals surface area (Å²) < 4.78 is 29.1. The fourth-order valence-corrected chi connectivity index (χ4v) is 3.89. The number of hydrogen-bond acceptors (Lipinski definition) is 5.